The summed E-state index contributed by atoms with van der Waals surface area (Å²) >= 11 is 0.924. The number of thiophene rings is 1. The van der Waals surface area contributed by atoms with E-state index in [1.807, 2.05) is 0 Å². The smallest absolute Gasteiger partial charge is 0.348 e. The van der Waals surface area contributed by atoms with Crippen molar-refractivity contribution < 1.29 is 14.5 Å². The zero-order valence-electron chi connectivity index (χ0n) is 8.17. The molecule has 82 valence electrons. The number of hydrogen-bond acceptors (Lipinski definition) is 6. The lowest BCUT2D eigenvalue weighted by atomic mass is 10.2. The predicted molar refractivity (Wildman–Crippen MR) is 56.6 cm³/mol. The highest BCUT2D eigenvalue weighted by Crippen LogP contribution is 2.24. The maximum absolute atomic E-state index is 11.0. The van der Waals surface area contributed by atoms with Gasteiger partial charge in [0.2, 0.25) is 0 Å². The van der Waals surface area contributed by atoms with Crippen LogP contribution in [0.15, 0.2) is 17.0 Å². The van der Waals surface area contributed by atoms with Crippen LogP contribution in [0.2, 0.25) is 0 Å². The van der Waals surface area contributed by atoms with Crippen LogP contribution in [0.3, 0.4) is 0 Å². The van der Waals surface area contributed by atoms with Crippen molar-refractivity contribution in [3.63, 3.8) is 0 Å². The molecule has 0 aliphatic heterocycles. The molecule has 0 saturated heterocycles. The fraction of sp³-hybridized carbons (Fsp3) is 0.111. The zero-order valence-corrected chi connectivity index (χ0v) is 8.98. The van der Waals surface area contributed by atoms with E-state index in [-0.39, 0.29) is 10.6 Å². The highest BCUT2D eigenvalue weighted by Gasteiger charge is 2.12. The standard InChI is InChI=1S/C9H6N2O4S/c1-15-9(12)7(4-10)2-6-3-8(11(13)14)16-5-6/h2-3,5H,1H3/b7-2+. The van der Waals surface area contributed by atoms with Gasteiger partial charge < -0.3 is 4.74 Å². The molecule has 0 spiro atoms. The first-order chi connectivity index (χ1) is 7.58. The molecule has 0 aliphatic carbocycles. The monoisotopic (exact) mass is 238 g/mol. The van der Waals surface area contributed by atoms with Crippen molar-refractivity contribution in [2.75, 3.05) is 7.11 Å². The Kier molecular flexibility index (Phi) is 3.74. The SMILES string of the molecule is COC(=O)/C(C#N)=C/c1csc([N+](=O)[O-])c1. The second kappa shape index (κ2) is 5.04. The number of ether oxygens (including phenoxy) is 1. The maximum atomic E-state index is 11.0. The van der Waals surface area contributed by atoms with E-state index in [1.165, 1.54) is 17.5 Å². The second-order valence-corrected chi connectivity index (χ2v) is 3.53. The average molecular weight is 238 g/mol. The average Bonchev–Trinajstić information content (AvgIpc) is 2.73. The third kappa shape index (κ3) is 2.65. The summed E-state index contributed by atoms with van der Waals surface area (Å²) in [4.78, 5) is 20.9. The summed E-state index contributed by atoms with van der Waals surface area (Å²) in [6.07, 6.45) is 1.25. The van der Waals surface area contributed by atoms with Gasteiger partial charge >= 0.3 is 11.0 Å². The van der Waals surface area contributed by atoms with Crippen molar-refractivity contribution in [1.29, 1.82) is 5.26 Å². The summed E-state index contributed by atoms with van der Waals surface area (Å²) in [7, 11) is 1.16. The lowest BCUT2D eigenvalue weighted by molar-refractivity contribution is -0.380. The van der Waals surface area contributed by atoms with Crippen molar-refractivity contribution in [3.8, 4) is 6.07 Å². The molecule has 0 aromatic carbocycles. The van der Waals surface area contributed by atoms with Crippen LogP contribution < -0.4 is 0 Å². The number of rotatable bonds is 3. The molecule has 0 saturated carbocycles. The van der Waals surface area contributed by atoms with Crippen LogP contribution >= 0.6 is 11.3 Å². The number of carbonyl (C=O) groups excluding carboxylic acids is 1. The Morgan fingerprint density at radius 2 is 2.44 bits per heavy atom. The Bertz CT molecular complexity index is 498. The molecule has 1 aromatic rings. The van der Waals surface area contributed by atoms with Crippen molar-refractivity contribution in [2.24, 2.45) is 0 Å². The number of esters is 1. The van der Waals surface area contributed by atoms with Crippen LogP contribution in [0, 0.1) is 21.4 Å². The molecular weight excluding hydrogens is 232 g/mol. The molecular formula is C9H6N2O4S. The van der Waals surface area contributed by atoms with Crippen molar-refractivity contribution in [2.45, 2.75) is 0 Å². The Balaban J connectivity index is 3.01. The van der Waals surface area contributed by atoms with Crippen molar-refractivity contribution in [3.05, 3.63) is 32.7 Å². The van der Waals surface area contributed by atoms with Gasteiger partial charge in [-0.2, -0.15) is 5.26 Å². The molecule has 0 amide bonds. The Labute approximate surface area is 94.5 Å². The topological polar surface area (TPSA) is 93.2 Å². The van der Waals surface area contributed by atoms with E-state index in [0.717, 1.165) is 18.4 Å². The molecule has 0 N–H and O–H groups in total. The number of carbonyl (C=O) groups is 1. The Hall–Kier alpha value is -2.20. The highest BCUT2D eigenvalue weighted by molar-refractivity contribution is 7.13. The van der Waals surface area contributed by atoms with Crippen LogP contribution in [0.1, 0.15) is 5.56 Å². The first-order valence-electron chi connectivity index (χ1n) is 4.01. The summed E-state index contributed by atoms with van der Waals surface area (Å²) in [5.74, 6) is -0.767. The summed E-state index contributed by atoms with van der Waals surface area (Å²) in [6, 6.07) is 2.94. The Morgan fingerprint density at radius 3 is 2.88 bits per heavy atom. The Morgan fingerprint density at radius 1 is 1.75 bits per heavy atom. The number of hydrogen-bond donors (Lipinski definition) is 0. The summed E-state index contributed by atoms with van der Waals surface area (Å²) in [5.41, 5.74) is 0.230. The van der Waals surface area contributed by atoms with Crippen LogP contribution in [-0.4, -0.2) is 18.0 Å². The van der Waals surface area contributed by atoms with Gasteiger partial charge in [0, 0.05) is 11.4 Å². The number of nitrogens with zero attached hydrogens (tertiary/aromatic N) is 2. The zero-order chi connectivity index (χ0) is 12.1. The quantitative estimate of drug-likeness (QED) is 0.263. The molecule has 0 radical (unpaired) electrons. The summed E-state index contributed by atoms with van der Waals surface area (Å²) in [5, 5.41) is 20.5. The molecule has 6 nitrogen and oxygen atoms in total. The fourth-order valence-electron chi connectivity index (χ4n) is 0.924. The first kappa shape index (κ1) is 11.9. The molecule has 0 fully saturated rings. The maximum Gasteiger partial charge on any atom is 0.348 e. The summed E-state index contributed by atoms with van der Waals surface area (Å²) in [6.45, 7) is 0. The van der Waals surface area contributed by atoms with Gasteiger partial charge in [0.05, 0.1) is 12.0 Å². The lowest BCUT2D eigenvalue weighted by Gasteiger charge is -1.93. The van der Waals surface area contributed by atoms with Gasteiger partial charge in [0.25, 0.3) is 0 Å². The van der Waals surface area contributed by atoms with E-state index >= 15 is 0 Å². The molecule has 1 aromatic heterocycles. The largest absolute Gasteiger partial charge is 0.465 e. The third-order valence-corrected chi connectivity index (χ3v) is 2.52. The van der Waals surface area contributed by atoms with Gasteiger partial charge in [-0.05, 0) is 11.6 Å². The van der Waals surface area contributed by atoms with E-state index in [0.29, 0.717) is 5.56 Å². The molecule has 1 rings (SSSR count). The molecule has 0 aliphatic rings. The van der Waals surface area contributed by atoms with Crippen LogP contribution in [0.25, 0.3) is 6.08 Å². The molecule has 0 atom stereocenters. The second-order valence-electron chi connectivity index (χ2n) is 2.64. The van der Waals surface area contributed by atoms with Gasteiger partial charge in [0.15, 0.2) is 0 Å². The van der Waals surface area contributed by atoms with E-state index < -0.39 is 10.9 Å². The van der Waals surface area contributed by atoms with Crippen molar-refractivity contribution >= 4 is 28.4 Å². The van der Waals surface area contributed by atoms with E-state index in [4.69, 9.17) is 5.26 Å². The van der Waals surface area contributed by atoms with Gasteiger partial charge in [-0.1, -0.05) is 11.3 Å². The number of nitriles is 1. The summed E-state index contributed by atoms with van der Waals surface area (Å²) < 4.78 is 4.37. The minimum atomic E-state index is -0.767. The molecule has 16 heavy (non-hydrogen) atoms. The van der Waals surface area contributed by atoms with Crippen LogP contribution in [0.5, 0.6) is 0 Å². The van der Waals surface area contributed by atoms with E-state index in [2.05, 4.69) is 4.74 Å². The third-order valence-electron chi connectivity index (χ3n) is 1.62. The van der Waals surface area contributed by atoms with Gasteiger partial charge in [-0.25, -0.2) is 4.79 Å². The predicted octanol–water partition coefficient (Wildman–Crippen LogP) is 1.74. The molecule has 0 unspecified atom stereocenters. The van der Waals surface area contributed by atoms with Gasteiger partial charge in [0.1, 0.15) is 11.6 Å². The number of nitro groups is 1. The van der Waals surface area contributed by atoms with E-state index in [9.17, 15) is 14.9 Å². The highest BCUT2D eigenvalue weighted by atomic mass is 32.1. The van der Waals surface area contributed by atoms with Crippen molar-refractivity contribution in [1.82, 2.24) is 0 Å². The number of methoxy groups -OCH3 is 1. The fourth-order valence-corrected chi connectivity index (χ4v) is 1.61. The minimum Gasteiger partial charge on any atom is -0.465 e. The van der Waals surface area contributed by atoms with E-state index in [1.54, 1.807) is 6.07 Å². The molecule has 0 bridgehead atoms. The van der Waals surface area contributed by atoms with Crippen LogP contribution in [0.4, 0.5) is 5.00 Å². The molecule has 1 heterocycles. The first-order valence-corrected chi connectivity index (χ1v) is 4.89. The van der Waals surface area contributed by atoms with Gasteiger partial charge in [-0.15, -0.1) is 0 Å². The van der Waals surface area contributed by atoms with Gasteiger partial charge in [-0.3, -0.25) is 10.1 Å². The normalized spacial score (nSPS) is 10.6. The minimum absolute atomic E-state index is 0.0478. The lowest BCUT2D eigenvalue weighted by Crippen LogP contribution is -2.02. The van der Waals surface area contributed by atoms with Crippen LogP contribution in [-0.2, 0) is 9.53 Å². The molecule has 7 heteroatoms.